The summed E-state index contributed by atoms with van der Waals surface area (Å²) in [6, 6.07) is 4.95. The van der Waals surface area contributed by atoms with Crippen molar-refractivity contribution in [3.63, 3.8) is 0 Å². The van der Waals surface area contributed by atoms with E-state index in [2.05, 4.69) is 14.5 Å². The molecular weight excluding hydrogens is 206 g/mol. The topological polar surface area (TPSA) is 87.9 Å². The number of benzene rings is 1. The molecule has 0 amide bonds. The highest BCUT2D eigenvalue weighted by Gasteiger charge is 2.08. The summed E-state index contributed by atoms with van der Waals surface area (Å²) in [5, 5.41) is 10.3. The molecule has 0 aliphatic carbocycles. The van der Waals surface area contributed by atoms with Gasteiger partial charge in [0.05, 0.1) is 12.0 Å². The Labute approximate surface area is 84.2 Å². The Morgan fingerprint density at radius 1 is 1.33 bits per heavy atom. The number of carbonyl (C=O) groups excluding carboxylic acids is 1. The molecule has 0 heterocycles. The van der Waals surface area contributed by atoms with Gasteiger partial charge in [0.15, 0.2) is 0 Å². The quantitative estimate of drug-likeness (QED) is 0.249. The molecule has 0 saturated carbocycles. The monoisotopic (exact) mass is 213 g/mol. The maximum Gasteiger partial charge on any atom is 0.546 e. The number of ether oxygens (including phenoxy) is 1. The fourth-order valence-electron chi connectivity index (χ4n) is 0.817. The van der Waals surface area contributed by atoms with Gasteiger partial charge in [-0.1, -0.05) is 0 Å². The van der Waals surface area contributed by atoms with Crippen LogP contribution in [-0.4, -0.2) is 18.2 Å². The zero-order chi connectivity index (χ0) is 11.3. The Bertz CT molecular complexity index is 360. The van der Waals surface area contributed by atoms with Crippen molar-refractivity contribution in [2.45, 2.75) is 0 Å². The Kier molecular flexibility index (Phi) is 3.58. The van der Waals surface area contributed by atoms with E-state index in [4.69, 9.17) is 0 Å². The Hall–Kier alpha value is -2.15. The molecule has 0 N–H and O–H groups in total. The minimum absolute atomic E-state index is 0.0949. The molecule has 15 heavy (non-hydrogen) atoms. The number of non-ortho nitro benzene ring substituents is 1. The van der Waals surface area contributed by atoms with Crippen molar-refractivity contribution < 1.29 is 24.2 Å². The number of rotatable bonds is 3. The predicted molar refractivity (Wildman–Crippen MR) is 47.2 cm³/mol. The van der Waals surface area contributed by atoms with Crippen LogP contribution in [0.25, 0.3) is 0 Å². The minimum atomic E-state index is -1.05. The highest BCUT2D eigenvalue weighted by atomic mass is 17.2. The van der Waals surface area contributed by atoms with E-state index >= 15 is 0 Å². The van der Waals surface area contributed by atoms with Gasteiger partial charge in [-0.15, -0.1) is 0 Å². The van der Waals surface area contributed by atoms with Crippen LogP contribution in [0.4, 0.5) is 10.5 Å². The van der Waals surface area contributed by atoms with E-state index in [1.165, 1.54) is 24.3 Å². The second kappa shape index (κ2) is 4.91. The summed E-state index contributed by atoms with van der Waals surface area (Å²) in [5.74, 6) is 0.127. The van der Waals surface area contributed by atoms with Gasteiger partial charge in [-0.05, 0) is 12.1 Å². The van der Waals surface area contributed by atoms with Gasteiger partial charge in [-0.2, -0.15) is 4.89 Å². The third-order valence-corrected chi connectivity index (χ3v) is 1.40. The molecule has 1 rings (SSSR count). The second-order valence-electron chi connectivity index (χ2n) is 2.35. The van der Waals surface area contributed by atoms with Gasteiger partial charge in [0, 0.05) is 12.1 Å². The predicted octanol–water partition coefficient (Wildman–Crippen LogP) is 1.67. The van der Waals surface area contributed by atoms with E-state index < -0.39 is 11.1 Å². The zero-order valence-electron chi connectivity index (χ0n) is 7.71. The number of nitro groups is 1. The van der Waals surface area contributed by atoms with E-state index in [-0.39, 0.29) is 11.4 Å². The van der Waals surface area contributed by atoms with Crippen molar-refractivity contribution >= 4 is 11.8 Å². The average molecular weight is 213 g/mol. The molecular formula is C8H7NO6. The van der Waals surface area contributed by atoms with Crippen LogP contribution < -0.4 is 4.74 Å². The fourth-order valence-corrected chi connectivity index (χ4v) is 0.817. The van der Waals surface area contributed by atoms with Crippen LogP contribution in [-0.2, 0) is 9.78 Å². The molecule has 0 aliphatic heterocycles. The number of nitro benzene ring substituents is 1. The molecule has 0 atom stereocenters. The summed E-state index contributed by atoms with van der Waals surface area (Å²) in [4.78, 5) is 28.5. The maximum atomic E-state index is 10.7. The van der Waals surface area contributed by atoms with E-state index in [0.29, 0.717) is 0 Å². The number of hydrogen-bond donors (Lipinski definition) is 0. The maximum absolute atomic E-state index is 10.7. The minimum Gasteiger partial charge on any atom is -0.393 e. The molecule has 0 fully saturated rings. The summed E-state index contributed by atoms with van der Waals surface area (Å²) in [6.07, 6.45) is -1.05. The fraction of sp³-hybridized carbons (Fsp3) is 0.125. The van der Waals surface area contributed by atoms with Gasteiger partial charge >= 0.3 is 6.16 Å². The summed E-state index contributed by atoms with van der Waals surface area (Å²) < 4.78 is 4.58. The average Bonchev–Trinajstić information content (AvgIpc) is 2.18. The Morgan fingerprint density at radius 3 is 2.40 bits per heavy atom. The van der Waals surface area contributed by atoms with Gasteiger partial charge < -0.3 is 4.74 Å². The van der Waals surface area contributed by atoms with Gasteiger partial charge in [-0.3, -0.25) is 15.0 Å². The standard InChI is InChI=1S/C8H7NO6/c1-13-15-8(10)14-7-4-2-6(3-5-7)9(11)12/h2-5H,1H3. The van der Waals surface area contributed by atoms with Crippen molar-refractivity contribution in [3.8, 4) is 5.75 Å². The van der Waals surface area contributed by atoms with Crippen LogP contribution in [0.2, 0.25) is 0 Å². The van der Waals surface area contributed by atoms with Crippen molar-refractivity contribution in [2.75, 3.05) is 7.11 Å². The molecule has 80 valence electrons. The molecule has 0 saturated heterocycles. The molecule has 1 aromatic rings. The highest BCUT2D eigenvalue weighted by molar-refractivity contribution is 5.63. The first-order valence-electron chi connectivity index (χ1n) is 3.80. The third kappa shape index (κ3) is 3.24. The third-order valence-electron chi connectivity index (χ3n) is 1.40. The van der Waals surface area contributed by atoms with E-state index in [1.54, 1.807) is 0 Å². The van der Waals surface area contributed by atoms with Gasteiger partial charge in [0.1, 0.15) is 5.75 Å². The molecule has 7 heteroatoms. The van der Waals surface area contributed by atoms with Gasteiger partial charge in [-0.25, -0.2) is 4.79 Å². The van der Waals surface area contributed by atoms with Crippen LogP contribution in [0.5, 0.6) is 5.75 Å². The molecule has 0 bridgehead atoms. The van der Waals surface area contributed by atoms with Crippen molar-refractivity contribution in [2.24, 2.45) is 0 Å². The van der Waals surface area contributed by atoms with Crippen LogP contribution in [0.1, 0.15) is 0 Å². The molecule has 7 nitrogen and oxygen atoms in total. The lowest BCUT2D eigenvalue weighted by molar-refractivity contribution is -0.384. The lowest BCUT2D eigenvalue weighted by Crippen LogP contribution is -2.09. The van der Waals surface area contributed by atoms with E-state index in [1.807, 2.05) is 0 Å². The number of hydrogen-bond acceptors (Lipinski definition) is 6. The summed E-state index contributed by atoms with van der Waals surface area (Å²) in [5.41, 5.74) is -0.0949. The highest BCUT2D eigenvalue weighted by Crippen LogP contribution is 2.17. The molecule has 0 aromatic heterocycles. The lowest BCUT2D eigenvalue weighted by Gasteiger charge is -2.01. The number of nitrogens with zero attached hydrogens (tertiary/aromatic N) is 1. The summed E-state index contributed by atoms with van der Waals surface area (Å²) in [7, 11) is 1.15. The van der Waals surface area contributed by atoms with Crippen molar-refractivity contribution in [3.05, 3.63) is 34.4 Å². The van der Waals surface area contributed by atoms with Crippen LogP contribution in [0, 0.1) is 10.1 Å². The molecule has 0 unspecified atom stereocenters. The van der Waals surface area contributed by atoms with Crippen molar-refractivity contribution in [1.82, 2.24) is 0 Å². The Morgan fingerprint density at radius 2 is 1.93 bits per heavy atom. The SMILES string of the molecule is COOC(=O)Oc1ccc([N+](=O)[O-])cc1. The second-order valence-corrected chi connectivity index (χ2v) is 2.35. The largest absolute Gasteiger partial charge is 0.546 e. The first-order valence-corrected chi connectivity index (χ1v) is 3.80. The normalized spacial score (nSPS) is 9.40. The lowest BCUT2D eigenvalue weighted by atomic mass is 10.3. The van der Waals surface area contributed by atoms with Crippen LogP contribution >= 0.6 is 0 Å². The van der Waals surface area contributed by atoms with Gasteiger partial charge in [0.2, 0.25) is 0 Å². The van der Waals surface area contributed by atoms with E-state index in [9.17, 15) is 14.9 Å². The van der Waals surface area contributed by atoms with Gasteiger partial charge in [0.25, 0.3) is 5.69 Å². The Balaban J connectivity index is 2.64. The molecule has 0 radical (unpaired) electrons. The summed E-state index contributed by atoms with van der Waals surface area (Å²) in [6.45, 7) is 0. The van der Waals surface area contributed by atoms with Crippen LogP contribution in [0.3, 0.4) is 0 Å². The van der Waals surface area contributed by atoms with E-state index in [0.717, 1.165) is 7.11 Å². The first kappa shape index (κ1) is 10.9. The smallest absolute Gasteiger partial charge is 0.393 e. The number of carbonyl (C=O) groups is 1. The van der Waals surface area contributed by atoms with Crippen molar-refractivity contribution in [1.29, 1.82) is 0 Å². The molecule has 1 aromatic carbocycles. The first-order chi connectivity index (χ1) is 7.13. The zero-order valence-corrected chi connectivity index (χ0v) is 7.71. The summed E-state index contributed by atoms with van der Waals surface area (Å²) >= 11 is 0. The molecule has 0 aliphatic rings. The molecule has 0 spiro atoms. The van der Waals surface area contributed by atoms with Crippen LogP contribution in [0.15, 0.2) is 24.3 Å².